The van der Waals surface area contributed by atoms with E-state index in [1.54, 1.807) is 0 Å². The van der Waals surface area contributed by atoms with Gasteiger partial charge in [0.1, 0.15) is 6.29 Å². The van der Waals surface area contributed by atoms with Crippen molar-refractivity contribution in [3.63, 3.8) is 0 Å². The molecule has 0 saturated heterocycles. The first-order valence-corrected chi connectivity index (χ1v) is 7.41. The second-order valence-electron chi connectivity index (χ2n) is 6.01. The maximum atomic E-state index is 10.8. The van der Waals surface area contributed by atoms with Gasteiger partial charge in [-0.1, -0.05) is 12.2 Å². The minimum atomic E-state index is 0.380. The van der Waals surface area contributed by atoms with Crippen LogP contribution in [0.1, 0.15) is 58.3 Å². The Kier molecular flexibility index (Phi) is 4.82. The zero-order valence-electron chi connectivity index (χ0n) is 11.1. The average molecular weight is 234 g/mol. The number of hydrogen-bond acceptors (Lipinski definition) is 1. The molecule has 1 heteroatoms. The van der Waals surface area contributed by atoms with Crippen molar-refractivity contribution < 1.29 is 4.79 Å². The third kappa shape index (κ3) is 3.43. The fourth-order valence-corrected chi connectivity index (χ4v) is 3.83. The lowest BCUT2D eigenvalue weighted by Gasteiger charge is -2.36. The standard InChI is InChI=1S/C16H26O/c1-2-3-13-4-8-15(9-5-13)16-10-6-14(12-17)7-11-16/h2-3,12-16H,4-11H2,1H3/b3-2+/t13-,14?,15-,16?. The molecule has 17 heavy (non-hydrogen) atoms. The van der Waals surface area contributed by atoms with Gasteiger partial charge >= 0.3 is 0 Å². The van der Waals surface area contributed by atoms with Gasteiger partial charge in [0.05, 0.1) is 0 Å². The number of carbonyl (C=O) groups is 1. The summed E-state index contributed by atoms with van der Waals surface area (Å²) in [5.41, 5.74) is 0. The van der Waals surface area contributed by atoms with E-state index < -0.39 is 0 Å². The topological polar surface area (TPSA) is 17.1 Å². The zero-order chi connectivity index (χ0) is 12.1. The van der Waals surface area contributed by atoms with Gasteiger partial charge in [0.25, 0.3) is 0 Å². The fraction of sp³-hybridized carbons (Fsp3) is 0.812. The van der Waals surface area contributed by atoms with Crippen molar-refractivity contribution in [2.24, 2.45) is 23.7 Å². The van der Waals surface area contributed by atoms with E-state index in [9.17, 15) is 4.79 Å². The molecule has 0 spiro atoms. The molecule has 0 radical (unpaired) electrons. The molecule has 0 aromatic rings. The molecule has 0 N–H and O–H groups in total. The van der Waals surface area contributed by atoms with Crippen LogP contribution in [0.25, 0.3) is 0 Å². The molecule has 0 amide bonds. The number of aldehydes is 1. The quantitative estimate of drug-likeness (QED) is 0.523. The highest BCUT2D eigenvalue weighted by atomic mass is 16.1. The van der Waals surface area contributed by atoms with E-state index in [0.717, 1.165) is 30.6 Å². The van der Waals surface area contributed by atoms with Crippen LogP contribution in [-0.4, -0.2) is 6.29 Å². The van der Waals surface area contributed by atoms with Crippen LogP contribution in [0.15, 0.2) is 12.2 Å². The molecule has 0 aromatic carbocycles. The molecule has 0 heterocycles. The average Bonchev–Trinajstić information content (AvgIpc) is 2.40. The molecule has 2 rings (SSSR count). The van der Waals surface area contributed by atoms with Crippen molar-refractivity contribution in [3.05, 3.63) is 12.2 Å². The molecule has 0 atom stereocenters. The molecule has 0 bridgehead atoms. The van der Waals surface area contributed by atoms with E-state index >= 15 is 0 Å². The Morgan fingerprint density at radius 3 is 1.65 bits per heavy atom. The summed E-state index contributed by atoms with van der Waals surface area (Å²) >= 11 is 0. The van der Waals surface area contributed by atoms with Gasteiger partial charge in [0.15, 0.2) is 0 Å². The van der Waals surface area contributed by atoms with Crippen molar-refractivity contribution >= 4 is 6.29 Å². The maximum Gasteiger partial charge on any atom is 0.123 e. The van der Waals surface area contributed by atoms with Crippen molar-refractivity contribution in [2.75, 3.05) is 0 Å². The smallest absolute Gasteiger partial charge is 0.123 e. The number of rotatable bonds is 3. The highest BCUT2D eigenvalue weighted by molar-refractivity contribution is 5.53. The number of hydrogen-bond donors (Lipinski definition) is 0. The van der Waals surface area contributed by atoms with Crippen LogP contribution in [0.5, 0.6) is 0 Å². The first-order chi connectivity index (χ1) is 8.33. The van der Waals surface area contributed by atoms with Crippen LogP contribution in [0, 0.1) is 23.7 Å². The molecular formula is C16H26O. The molecule has 2 aliphatic rings. The van der Waals surface area contributed by atoms with E-state index in [1.165, 1.54) is 44.8 Å². The highest BCUT2D eigenvalue weighted by Crippen LogP contribution is 2.41. The third-order valence-electron chi connectivity index (χ3n) is 4.96. The van der Waals surface area contributed by atoms with Gasteiger partial charge in [-0.25, -0.2) is 0 Å². The van der Waals surface area contributed by atoms with E-state index in [1.807, 2.05) is 0 Å². The highest BCUT2D eigenvalue weighted by Gasteiger charge is 2.29. The summed E-state index contributed by atoms with van der Waals surface area (Å²) in [7, 11) is 0. The molecule has 1 nitrogen and oxygen atoms in total. The minimum absolute atomic E-state index is 0.380. The number of allylic oxidation sites excluding steroid dienone is 2. The van der Waals surface area contributed by atoms with Crippen LogP contribution in [0.4, 0.5) is 0 Å². The van der Waals surface area contributed by atoms with Gasteiger partial charge < -0.3 is 4.79 Å². The van der Waals surface area contributed by atoms with Gasteiger partial charge in [-0.05, 0) is 76.0 Å². The van der Waals surface area contributed by atoms with Gasteiger partial charge in [-0.2, -0.15) is 0 Å². The lowest BCUT2D eigenvalue weighted by molar-refractivity contribution is -0.112. The van der Waals surface area contributed by atoms with Gasteiger partial charge in [0, 0.05) is 5.92 Å². The summed E-state index contributed by atoms with van der Waals surface area (Å²) in [6.45, 7) is 2.13. The molecule has 0 aliphatic heterocycles. The Morgan fingerprint density at radius 1 is 0.765 bits per heavy atom. The van der Waals surface area contributed by atoms with Crippen LogP contribution in [-0.2, 0) is 4.79 Å². The fourth-order valence-electron chi connectivity index (χ4n) is 3.83. The van der Waals surface area contributed by atoms with Crippen molar-refractivity contribution in [1.82, 2.24) is 0 Å². The predicted octanol–water partition coefficient (Wildman–Crippen LogP) is 4.37. The zero-order valence-corrected chi connectivity index (χ0v) is 11.1. The van der Waals surface area contributed by atoms with Crippen LogP contribution in [0.2, 0.25) is 0 Å². The molecule has 2 saturated carbocycles. The molecule has 0 unspecified atom stereocenters. The largest absolute Gasteiger partial charge is 0.303 e. The maximum absolute atomic E-state index is 10.8. The Hall–Kier alpha value is -0.590. The summed E-state index contributed by atoms with van der Waals surface area (Å²) in [6, 6.07) is 0. The summed E-state index contributed by atoms with van der Waals surface area (Å²) in [6.07, 6.45) is 16.3. The van der Waals surface area contributed by atoms with E-state index in [2.05, 4.69) is 19.1 Å². The summed E-state index contributed by atoms with van der Waals surface area (Å²) in [4.78, 5) is 10.8. The second kappa shape index (κ2) is 6.37. The number of carbonyl (C=O) groups excluding carboxylic acids is 1. The van der Waals surface area contributed by atoms with Crippen LogP contribution < -0.4 is 0 Å². The van der Waals surface area contributed by atoms with Gasteiger partial charge in [0.2, 0.25) is 0 Å². The predicted molar refractivity (Wildman–Crippen MR) is 71.8 cm³/mol. The SMILES string of the molecule is C/C=C/[C@H]1CC[C@H](C2CCC(C=O)CC2)CC1. The molecule has 2 aliphatic carbocycles. The monoisotopic (exact) mass is 234 g/mol. The van der Waals surface area contributed by atoms with Crippen molar-refractivity contribution in [3.8, 4) is 0 Å². The Balaban J connectivity index is 1.76. The first-order valence-electron chi connectivity index (χ1n) is 7.41. The Labute approximate surface area is 106 Å². The third-order valence-corrected chi connectivity index (χ3v) is 4.96. The normalized spacial score (nSPS) is 39.4. The van der Waals surface area contributed by atoms with Gasteiger partial charge in [-0.15, -0.1) is 0 Å². The summed E-state index contributed by atoms with van der Waals surface area (Å²) in [5.74, 6) is 3.12. The van der Waals surface area contributed by atoms with E-state index in [0.29, 0.717) is 5.92 Å². The van der Waals surface area contributed by atoms with Crippen LogP contribution in [0.3, 0.4) is 0 Å². The molecule has 2 fully saturated rings. The summed E-state index contributed by atoms with van der Waals surface area (Å²) < 4.78 is 0. The Bertz CT molecular complexity index is 253. The lowest BCUT2D eigenvalue weighted by Crippen LogP contribution is -2.25. The van der Waals surface area contributed by atoms with E-state index in [4.69, 9.17) is 0 Å². The first kappa shape index (κ1) is 12.9. The summed E-state index contributed by atoms with van der Waals surface area (Å²) in [5, 5.41) is 0. The van der Waals surface area contributed by atoms with Crippen LogP contribution >= 0.6 is 0 Å². The lowest BCUT2D eigenvalue weighted by atomic mass is 9.69. The minimum Gasteiger partial charge on any atom is -0.303 e. The van der Waals surface area contributed by atoms with Crippen molar-refractivity contribution in [2.45, 2.75) is 58.3 Å². The molecule has 96 valence electrons. The van der Waals surface area contributed by atoms with Crippen molar-refractivity contribution in [1.29, 1.82) is 0 Å². The molecular weight excluding hydrogens is 208 g/mol. The van der Waals surface area contributed by atoms with E-state index in [-0.39, 0.29) is 0 Å². The van der Waals surface area contributed by atoms with Gasteiger partial charge in [-0.3, -0.25) is 0 Å². The second-order valence-corrected chi connectivity index (χ2v) is 6.01. The molecule has 0 aromatic heterocycles. The Morgan fingerprint density at radius 2 is 1.24 bits per heavy atom.